The zero-order valence-electron chi connectivity index (χ0n) is 11.7. The lowest BCUT2D eigenvalue weighted by Gasteiger charge is -2.29. The Hall–Kier alpha value is -1.22. The van der Waals surface area contributed by atoms with Crippen LogP contribution in [0.3, 0.4) is 0 Å². The Labute approximate surface area is 109 Å². The van der Waals surface area contributed by atoms with Crippen LogP contribution in [0.5, 0.6) is 11.5 Å². The maximum absolute atomic E-state index is 6.09. The maximum atomic E-state index is 6.09. The van der Waals surface area contributed by atoms with E-state index in [-0.39, 0.29) is 11.2 Å². The highest BCUT2D eigenvalue weighted by Crippen LogP contribution is 2.43. The van der Waals surface area contributed by atoms with Crippen molar-refractivity contribution in [2.75, 3.05) is 6.54 Å². The van der Waals surface area contributed by atoms with Gasteiger partial charge in [-0.15, -0.1) is 0 Å². The Morgan fingerprint density at radius 3 is 2.78 bits per heavy atom. The molecule has 1 atom stereocenters. The number of para-hydroxylation sites is 1. The summed E-state index contributed by atoms with van der Waals surface area (Å²) >= 11 is 0. The van der Waals surface area contributed by atoms with E-state index in [9.17, 15) is 0 Å². The molecular weight excluding hydrogens is 226 g/mol. The number of hydrogen-bond donors (Lipinski definition) is 1. The molecule has 0 saturated carbocycles. The van der Waals surface area contributed by atoms with Gasteiger partial charge in [-0.3, -0.25) is 0 Å². The summed E-state index contributed by atoms with van der Waals surface area (Å²) in [5.74, 6) is 1.70. The molecule has 3 nitrogen and oxygen atoms in total. The highest BCUT2D eigenvalue weighted by molar-refractivity contribution is 5.50. The zero-order chi connectivity index (χ0) is 13.4. The first-order valence-electron chi connectivity index (χ1n) is 6.59. The van der Waals surface area contributed by atoms with Gasteiger partial charge in [0.2, 0.25) is 0 Å². The maximum Gasteiger partial charge on any atom is 0.165 e. The second-order valence-electron chi connectivity index (χ2n) is 5.89. The van der Waals surface area contributed by atoms with Gasteiger partial charge in [-0.05, 0) is 33.3 Å². The number of nitrogens with two attached hydrogens (primary N) is 1. The van der Waals surface area contributed by atoms with E-state index in [1.54, 1.807) is 0 Å². The predicted octanol–water partition coefficient (Wildman–Crippen LogP) is 2.91. The molecule has 0 amide bonds. The Bertz CT molecular complexity index is 436. The van der Waals surface area contributed by atoms with E-state index in [2.05, 4.69) is 26.8 Å². The van der Waals surface area contributed by atoms with E-state index >= 15 is 0 Å². The van der Waals surface area contributed by atoms with Crippen molar-refractivity contribution in [3.05, 3.63) is 23.8 Å². The number of fused-ring (bicyclic) bond motifs is 1. The average Bonchev–Trinajstić information content (AvgIpc) is 2.64. The Morgan fingerprint density at radius 1 is 1.44 bits per heavy atom. The van der Waals surface area contributed by atoms with Gasteiger partial charge in [0.25, 0.3) is 0 Å². The second kappa shape index (κ2) is 4.47. The molecule has 1 aromatic rings. The molecule has 0 fully saturated rings. The van der Waals surface area contributed by atoms with E-state index < -0.39 is 0 Å². The Kier molecular flexibility index (Phi) is 3.28. The third-order valence-corrected chi connectivity index (χ3v) is 3.59. The lowest BCUT2D eigenvalue weighted by molar-refractivity contribution is 0.0789. The standard InChI is InChI=1S/C15H23NO2/c1-5-15(4,10-16)17-12-8-6-7-11-9-14(2,3)18-13(11)12/h6-8H,5,9-10,16H2,1-4H3. The van der Waals surface area contributed by atoms with E-state index in [0.717, 1.165) is 24.3 Å². The van der Waals surface area contributed by atoms with E-state index in [0.29, 0.717) is 6.54 Å². The molecule has 0 spiro atoms. The molecule has 0 aliphatic carbocycles. The van der Waals surface area contributed by atoms with Crippen molar-refractivity contribution in [1.82, 2.24) is 0 Å². The van der Waals surface area contributed by atoms with Crippen molar-refractivity contribution < 1.29 is 9.47 Å². The monoisotopic (exact) mass is 249 g/mol. The van der Waals surface area contributed by atoms with Gasteiger partial charge in [0, 0.05) is 18.5 Å². The van der Waals surface area contributed by atoms with Crippen LogP contribution in [-0.2, 0) is 6.42 Å². The minimum Gasteiger partial charge on any atom is -0.483 e. The molecule has 1 unspecified atom stereocenters. The first-order chi connectivity index (χ1) is 8.39. The van der Waals surface area contributed by atoms with Crippen molar-refractivity contribution in [3.8, 4) is 11.5 Å². The number of ether oxygens (including phenoxy) is 2. The fourth-order valence-electron chi connectivity index (χ4n) is 2.19. The molecule has 1 aliphatic rings. The van der Waals surface area contributed by atoms with Crippen LogP contribution in [0.2, 0.25) is 0 Å². The van der Waals surface area contributed by atoms with Gasteiger partial charge in [-0.25, -0.2) is 0 Å². The highest BCUT2D eigenvalue weighted by Gasteiger charge is 2.34. The van der Waals surface area contributed by atoms with Crippen LogP contribution in [0.25, 0.3) is 0 Å². The van der Waals surface area contributed by atoms with E-state index in [1.165, 1.54) is 5.56 Å². The van der Waals surface area contributed by atoms with Gasteiger partial charge in [-0.1, -0.05) is 19.1 Å². The van der Waals surface area contributed by atoms with Crippen molar-refractivity contribution >= 4 is 0 Å². The van der Waals surface area contributed by atoms with Crippen molar-refractivity contribution in [3.63, 3.8) is 0 Å². The number of hydrogen-bond acceptors (Lipinski definition) is 3. The molecular formula is C15H23NO2. The van der Waals surface area contributed by atoms with Crippen LogP contribution in [0, 0.1) is 0 Å². The van der Waals surface area contributed by atoms with Crippen LogP contribution in [0.1, 0.15) is 39.7 Å². The van der Waals surface area contributed by atoms with Gasteiger partial charge in [0.15, 0.2) is 11.5 Å². The fraction of sp³-hybridized carbons (Fsp3) is 0.600. The minimum absolute atomic E-state index is 0.146. The van der Waals surface area contributed by atoms with E-state index in [1.807, 2.05) is 19.1 Å². The summed E-state index contributed by atoms with van der Waals surface area (Å²) in [6.07, 6.45) is 1.79. The quantitative estimate of drug-likeness (QED) is 0.892. The summed E-state index contributed by atoms with van der Waals surface area (Å²) in [6.45, 7) is 8.81. The van der Waals surface area contributed by atoms with Gasteiger partial charge in [-0.2, -0.15) is 0 Å². The molecule has 1 aliphatic heterocycles. The molecule has 0 saturated heterocycles. The van der Waals surface area contributed by atoms with Crippen LogP contribution in [0.4, 0.5) is 0 Å². The van der Waals surface area contributed by atoms with Crippen molar-refractivity contribution in [2.24, 2.45) is 5.73 Å². The Balaban J connectivity index is 2.30. The topological polar surface area (TPSA) is 44.5 Å². The molecule has 0 aromatic heterocycles. The molecule has 2 N–H and O–H groups in total. The summed E-state index contributed by atoms with van der Waals surface area (Å²) in [4.78, 5) is 0. The minimum atomic E-state index is -0.328. The molecule has 0 radical (unpaired) electrons. The Morgan fingerprint density at radius 2 is 2.17 bits per heavy atom. The first kappa shape index (κ1) is 13.2. The summed E-state index contributed by atoms with van der Waals surface area (Å²) in [7, 11) is 0. The molecule has 1 aromatic carbocycles. The smallest absolute Gasteiger partial charge is 0.165 e. The third kappa shape index (κ3) is 2.46. The number of rotatable bonds is 4. The SMILES string of the molecule is CCC(C)(CN)Oc1cccc2c1OC(C)(C)C2. The lowest BCUT2D eigenvalue weighted by Crippen LogP contribution is -2.40. The molecule has 18 heavy (non-hydrogen) atoms. The highest BCUT2D eigenvalue weighted by atomic mass is 16.5. The molecule has 1 heterocycles. The van der Waals surface area contributed by atoms with Crippen molar-refractivity contribution in [2.45, 2.75) is 51.7 Å². The lowest BCUT2D eigenvalue weighted by atomic mass is 10.0. The summed E-state index contributed by atoms with van der Waals surface area (Å²) < 4.78 is 12.1. The summed E-state index contributed by atoms with van der Waals surface area (Å²) in [5.41, 5.74) is 6.54. The van der Waals surface area contributed by atoms with Gasteiger partial charge in [0.05, 0.1) is 0 Å². The van der Waals surface area contributed by atoms with Crippen LogP contribution < -0.4 is 15.2 Å². The van der Waals surface area contributed by atoms with Gasteiger partial charge < -0.3 is 15.2 Å². The predicted molar refractivity (Wildman–Crippen MR) is 73.2 cm³/mol. The molecule has 100 valence electrons. The van der Waals surface area contributed by atoms with Gasteiger partial charge >= 0.3 is 0 Å². The van der Waals surface area contributed by atoms with Gasteiger partial charge in [0.1, 0.15) is 11.2 Å². The van der Waals surface area contributed by atoms with Crippen molar-refractivity contribution in [1.29, 1.82) is 0 Å². The largest absolute Gasteiger partial charge is 0.483 e. The summed E-state index contributed by atoms with van der Waals surface area (Å²) in [6, 6.07) is 6.08. The first-order valence-corrected chi connectivity index (χ1v) is 6.59. The fourth-order valence-corrected chi connectivity index (χ4v) is 2.19. The van der Waals surface area contributed by atoms with Crippen LogP contribution in [0.15, 0.2) is 18.2 Å². The second-order valence-corrected chi connectivity index (χ2v) is 5.89. The number of benzene rings is 1. The van der Waals surface area contributed by atoms with Crippen LogP contribution in [-0.4, -0.2) is 17.7 Å². The van der Waals surface area contributed by atoms with E-state index in [4.69, 9.17) is 15.2 Å². The molecule has 2 rings (SSSR count). The average molecular weight is 249 g/mol. The third-order valence-electron chi connectivity index (χ3n) is 3.59. The normalized spacial score (nSPS) is 19.8. The molecule has 0 bridgehead atoms. The summed E-state index contributed by atoms with van der Waals surface area (Å²) in [5, 5.41) is 0. The zero-order valence-corrected chi connectivity index (χ0v) is 11.7. The molecule has 3 heteroatoms. The van der Waals surface area contributed by atoms with Crippen LogP contribution >= 0.6 is 0 Å².